The highest BCUT2D eigenvalue weighted by Crippen LogP contribution is 2.18. The Morgan fingerprint density at radius 1 is 1.35 bits per heavy atom. The summed E-state index contributed by atoms with van der Waals surface area (Å²) in [5.41, 5.74) is 4.86. The van der Waals surface area contributed by atoms with Gasteiger partial charge >= 0.3 is 5.97 Å². The molecule has 1 amide bonds. The van der Waals surface area contributed by atoms with Gasteiger partial charge in [-0.05, 0) is 6.07 Å². The zero-order chi connectivity index (χ0) is 13.0. The fourth-order valence-corrected chi connectivity index (χ4v) is 1.28. The molecule has 7 heteroatoms. The predicted molar refractivity (Wildman–Crippen MR) is 56.0 cm³/mol. The highest BCUT2D eigenvalue weighted by molar-refractivity contribution is 5.87. The topological polar surface area (TPSA) is 134 Å². The molecule has 2 atom stereocenters. The van der Waals surface area contributed by atoms with E-state index in [0.29, 0.717) is 0 Å². The molecular formula is C10H12N2O5. The Kier molecular flexibility index (Phi) is 4.13. The van der Waals surface area contributed by atoms with Crippen molar-refractivity contribution in [2.75, 3.05) is 0 Å². The Labute approximate surface area is 96.5 Å². The van der Waals surface area contributed by atoms with Gasteiger partial charge < -0.3 is 21.1 Å². The van der Waals surface area contributed by atoms with Crippen molar-refractivity contribution >= 4 is 11.9 Å². The molecule has 0 radical (unpaired) electrons. The molecule has 0 aromatic carbocycles. The first-order valence-corrected chi connectivity index (χ1v) is 4.74. The van der Waals surface area contributed by atoms with Crippen molar-refractivity contribution in [3.05, 3.63) is 29.6 Å². The van der Waals surface area contributed by atoms with Gasteiger partial charge in [0.2, 0.25) is 5.91 Å². The Morgan fingerprint density at radius 3 is 2.53 bits per heavy atom. The number of nitrogens with two attached hydrogens (primary N) is 1. The van der Waals surface area contributed by atoms with E-state index in [1.807, 2.05) is 0 Å². The van der Waals surface area contributed by atoms with E-state index in [1.165, 1.54) is 12.3 Å². The first kappa shape index (κ1) is 13.1. The van der Waals surface area contributed by atoms with Gasteiger partial charge in [-0.3, -0.25) is 9.78 Å². The van der Waals surface area contributed by atoms with Crippen LogP contribution >= 0.6 is 0 Å². The molecule has 0 bridgehead atoms. The van der Waals surface area contributed by atoms with Gasteiger partial charge in [0, 0.05) is 18.0 Å². The number of carbonyl (C=O) groups excluding carboxylic acids is 1. The van der Waals surface area contributed by atoms with Gasteiger partial charge in [-0.2, -0.15) is 0 Å². The number of carboxylic acids is 1. The first-order valence-electron chi connectivity index (χ1n) is 4.74. The molecule has 1 aromatic rings. The summed E-state index contributed by atoms with van der Waals surface area (Å²) in [6.07, 6.45) is -0.897. The van der Waals surface area contributed by atoms with Crippen molar-refractivity contribution in [3.8, 4) is 0 Å². The number of nitrogens with zero attached hydrogens (tertiary/aromatic N) is 1. The zero-order valence-electron chi connectivity index (χ0n) is 8.78. The lowest BCUT2D eigenvalue weighted by Crippen LogP contribution is -2.25. The Balaban J connectivity index is 2.88. The minimum absolute atomic E-state index is 0.110. The largest absolute Gasteiger partial charge is 0.478 e. The number of rotatable bonds is 5. The van der Waals surface area contributed by atoms with Gasteiger partial charge in [0.15, 0.2) is 0 Å². The molecule has 0 aliphatic heterocycles. The van der Waals surface area contributed by atoms with Crippen molar-refractivity contribution in [1.29, 1.82) is 0 Å². The van der Waals surface area contributed by atoms with Gasteiger partial charge in [0.25, 0.3) is 0 Å². The first-order chi connectivity index (χ1) is 7.91. The summed E-state index contributed by atoms with van der Waals surface area (Å²) >= 11 is 0. The highest BCUT2D eigenvalue weighted by Gasteiger charge is 2.21. The van der Waals surface area contributed by atoms with Crippen LogP contribution in [0.5, 0.6) is 0 Å². The molecule has 7 nitrogen and oxygen atoms in total. The number of aromatic nitrogens is 1. The van der Waals surface area contributed by atoms with Crippen molar-refractivity contribution in [3.63, 3.8) is 0 Å². The molecule has 17 heavy (non-hydrogen) atoms. The number of primary amides is 1. The van der Waals surface area contributed by atoms with E-state index in [2.05, 4.69) is 4.98 Å². The fraction of sp³-hybridized carbons (Fsp3) is 0.300. The molecule has 1 heterocycles. The van der Waals surface area contributed by atoms with E-state index in [-0.39, 0.29) is 11.1 Å². The third-order valence-corrected chi connectivity index (χ3v) is 2.12. The van der Waals surface area contributed by atoms with Gasteiger partial charge in [0.1, 0.15) is 6.10 Å². The molecule has 1 aromatic heterocycles. The highest BCUT2D eigenvalue weighted by atomic mass is 16.4. The molecule has 0 aliphatic carbocycles. The van der Waals surface area contributed by atoms with E-state index >= 15 is 0 Å². The number of hydrogen-bond donors (Lipinski definition) is 4. The summed E-state index contributed by atoms with van der Waals surface area (Å²) in [4.78, 5) is 24.8. The van der Waals surface area contributed by atoms with Gasteiger partial charge in [-0.25, -0.2) is 4.79 Å². The number of carbonyl (C=O) groups is 2. The average Bonchev–Trinajstić information content (AvgIpc) is 2.27. The van der Waals surface area contributed by atoms with Crippen LogP contribution in [0.2, 0.25) is 0 Å². The standard InChI is InChI=1S/C10H12N2O5/c11-8(14)2-7(13)9(15)5-1-6(10(16)17)4-12-3-5/h1,3-4,7,9,13,15H,2H2,(H2,11,14)(H,16,17). The second kappa shape index (κ2) is 5.37. The maximum Gasteiger partial charge on any atom is 0.337 e. The number of hydrogen-bond acceptors (Lipinski definition) is 5. The fourth-order valence-electron chi connectivity index (χ4n) is 1.28. The van der Waals surface area contributed by atoms with E-state index in [4.69, 9.17) is 10.8 Å². The minimum atomic E-state index is -1.41. The van der Waals surface area contributed by atoms with Crippen LogP contribution in [-0.2, 0) is 4.79 Å². The second-order valence-corrected chi connectivity index (χ2v) is 3.49. The summed E-state index contributed by atoms with van der Waals surface area (Å²) in [5.74, 6) is -1.96. The number of amides is 1. The molecule has 1 rings (SSSR count). The quantitative estimate of drug-likeness (QED) is 0.524. The van der Waals surface area contributed by atoms with Crippen molar-refractivity contribution in [2.45, 2.75) is 18.6 Å². The van der Waals surface area contributed by atoms with Crippen LogP contribution in [0.1, 0.15) is 28.4 Å². The van der Waals surface area contributed by atoms with Crippen LogP contribution in [0, 0.1) is 0 Å². The summed E-state index contributed by atoms with van der Waals surface area (Å²) < 4.78 is 0. The normalized spacial score (nSPS) is 14.0. The Hall–Kier alpha value is -1.99. The van der Waals surface area contributed by atoms with Crippen LogP contribution in [0.25, 0.3) is 0 Å². The number of pyridine rings is 1. The third-order valence-electron chi connectivity index (χ3n) is 2.12. The molecular weight excluding hydrogens is 228 g/mol. The van der Waals surface area contributed by atoms with E-state index < -0.39 is 30.5 Å². The van der Waals surface area contributed by atoms with Gasteiger partial charge in [0.05, 0.1) is 18.1 Å². The maximum atomic E-state index is 10.7. The molecule has 0 aliphatic rings. The van der Waals surface area contributed by atoms with Gasteiger partial charge in [-0.1, -0.05) is 0 Å². The third kappa shape index (κ3) is 3.51. The van der Waals surface area contributed by atoms with E-state index in [9.17, 15) is 19.8 Å². The van der Waals surface area contributed by atoms with Gasteiger partial charge in [-0.15, -0.1) is 0 Å². The smallest absolute Gasteiger partial charge is 0.337 e. The van der Waals surface area contributed by atoms with Crippen LogP contribution in [0.15, 0.2) is 18.5 Å². The summed E-state index contributed by atoms with van der Waals surface area (Å²) in [5, 5.41) is 27.8. The molecule has 5 N–H and O–H groups in total. The minimum Gasteiger partial charge on any atom is -0.478 e. The van der Waals surface area contributed by atoms with E-state index in [1.54, 1.807) is 0 Å². The number of aliphatic hydroxyl groups is 2. The molecule has 2 unspecified atom stereocenters. The lowest BCUT2D eigenvalue weighted by Gasteiger charge is -2.16. The van der Waals surface area contributed by atoms with Crippen LogP contribution in [0.3, 0.4) is 0 Å². The molecule has 0 fully saturated rings. The SMILES string of the molecule is NC(=O)CC(O)C(O)c1cncc(C(=O)O)c1. The lowest BCUT2D eigenvalue weighted by atomic mass is 10.0. The monoisotopic (exact) mass is 240 g/mol. The molecule has 92 valence electrons. The Morgan fingerprint density at radius 2 is 2.00 bits per heavy atom. The summed E-state index contributed by atoms with van der Waals surface area (Å²) in [6.45, 7) is 0. The van der Waals surface area contributed by atoms with E-state index in [0.717, 1.165) is 6.20 Å². The number of aliphatic hydroxyl groups excluding tert-OH is 2. The maximum absolute atomic E-state index is 10.7. The number of carboxylic acid groups (broad SMARTS) is 1. The van der Waals surface area contributed by atoms with Crippen LogP contribution in [0.4, 0.5) is 0 Å². The Bertz CT molecular complexity index is 434. The van der Waals surface area contributed by atoms with Crippen molar-refractivity contribution in [1.82, 2.24) is 4.98 Å². The van der Waals surface area contributed by atoms with Crippen molar-refractivity contribution < 1.29 is 24.9 Å². The van der Waals surface area contributed by atoms with Crippen LogP contribution in [-0.4, -0.2) is 38.3 Å². The summed E-state index contributed by atoms with van der Waals surface area (Å²) in [7, 11) is 0. The van der Waals surface area contributed by atoms with Crippen molar-refractivity contribution in [2.24, 2.45) is 5.73 Å². The predicted octanol–water partition coefficient (Wildman–Crippen LogP) is -0.951. The molecule has 0 saturated carbocycles. The van der Waals surface area contributed by atoms with Crippen LogP contribution < -0.4 is 5.73 Å². The lowest BCUT2D eigenvalue weighted by molar-refractivity contribution is -0.121. The second-order valence-electron chi connectivity index (χ2n) is 3.49. The zero-order valence-corrected chi connectivity index (χ0v) is 8.78. The molecule has 0 saturated heterocycles. The number of aromatic carboxylic acids is 1. The summed E-state index contributed by atoms with van der Waals surface area (Å²) in [6, 6.07) is 1.17. The average molecular weight is 240 g/mol. The molecule has 0 spiro atoms.